The monoisotopic (exact) mass is 740 g/mol. The smallest absolute Gasteiger partial charge is 0.264 e. The maximum Gasteiger partial charge on any atom is 0.264 e. The summed E-state index contributed by atoms with van der Waals surface area (Å²) in [5.41, 5.74) is 20.7. The fourth-order valence-electron chi connectivity index (χ4n) is 9.95. The summed E-state index contributed by atoms with van der Waals surface area (Å²) in [5.74, 6) is 0. The quantitative estimate of drug-likeness (QED) is 0.163. The van der Waals surface area contributed by atoms with Crippen LogP contribution in [0.4, 0.5) is 34.1 Å². The lowest BCUT2D eigenvalue weighted by Gasteiger charge is -2.49. The zero-order valence-electron chi connectivity index (χ0n) is 35.4. The van der Waals surface area contributed by atoms with Crippen molar-refractivity contribution >= 4 is 78.0 Å². The molecule has 0 atom stereocenters. The predicted octanol–water partition coefficient (Wildman–Crippen LogP) is 12.9. The van der Waals surface area contributed by atoms with Crippen LogP contribution in [0.25, 0.3) is 10.1 Å². The van der Waals surface area contributed by atoms with Gasteiger partial charge in [-0.05, 0) is 142 Å². The van der Waals surface area contributed by atoms with Gasteiger partial charge in [-0.25, -0.2) is 0 Å². The molecule has 0 saturated carbocycles. The Labute approximate surface area is 334 Å². The maximum absolute atomic E-state index is 2.68. The first-order valence-electron chi connectivity index (χ1n) is 20.4. The van der Waals surface area contributed by atoms with Crippen molar-refractivity contribution in [2.75, 3.05) is 9.80 Å². The predicted molar refractivity (Wildman–Crippen MR) is 243 cm³/mol. The fraction of sp³-hybridized carbons (Fsp3) is 0.373. The molecule has 55 heavy (non-hydrogen) atoms. The molecule has 4 heteroatoms. The Morgan fingerprint density at radius 1 is 0.600 bits per heavy atom. The number of anilines is 6. The number of nitrogens with zero attached hydrogens (tertiary/aromatic N) is 2. The average molecular weight is 741 g/mol. The van der Waals surface area contributed by atoms with Crippen LogP contribution in [0.2, 0.25) is 0 Å². The molecule has 0 bridgehead atoms. The molecule has 3 aliphatic rings. The van der Waals surface area contributed by atoms with Crippen molar-refractivity contribution in [3.8, 4) is 0 Å². The minimum Gasteiger partial charge on any atom is -0.311 e. The Hall–Kier alpha value is -4.28. The summed E-state index contributed by atoms with van der Waals surface area (Å²) in [6.45, 7) is 30.8. The molecule has 9 rings (SSSR count). The van der Waals surface area contributed by atoms with Gasteiger partial charge in [0.2, 0.25) is 0 Å². The van der Waals surface area contributed by atoms with Crippen LogP contribution < -0.4 is 25.5 Å². The second-order valence-electron chi connectivity index (χ2n) is 20.4. The molecule has 1 aromatic heterocycles. The van der Waals surface area contributed by atoms with Crippen LogP contribution in [-0.2, 0) is 21.7 Å². The van der Waals surface area contributed by atoms with Crippen molar-refractivity contribution in [2.24, 2.45) is 0 Å². The minimum atomic E-state index is 0.0245. The van der Waals surface area contributed by atoms with Gasteiger partial charge in [0, 0.05) is 43.3 Å². The third-order valence-corrected chi connectivity index (χ3v) is 14.4. The Balaban J connectivity index is 1.42. The molecule has 0 unspecified atom stereocenters. The van der Waals surface area contributed by atoms with Gasteiger partial charge in [-0.2, -0.15) is 0 Å². The number of thiophene rings is 1. The van der Waals surface area contributed by atoms with Crippen LogP contribution in [-0.4, -0.2) is 6.71 Å². The molecule has 0 spiro atoms. The number of fused-ring (bicyclic) bond motifs is 8. The zero-order valence-corrected chi connectivity index (χ0v) is 36.2. The fourth-order valence-corrected chi connectivity index (χ4v) is 11.3. The molecule has 0 radical (unpaired) electrons. The van der Waals surface area contributed by atoms with Gasteiger partial charge >= 0.3 is 0 Å². The van der Waals surface area contributed by atoms with Crippen LogP contribution in [0.5, 0.6) is 0 Å². The summed E-state index contributed by atoms with van der Waals surface area (Å²) in [7, 11) is 0. The molecule has 0 saturated heterocycles. The number of benzene rings is 5. The van der Waals surface area contributed by atoms with Crippen molar-refractivity contribution in [3.05, 3.63) is 124 Å². The molecule has 0 amide bonds. The molecule has 5 aromatic carbocycles. The number of rotatable bonds is 2. The van der Waals surface area contributed by atoms with Gasteiger partial charge in [-0.1, -0.05) is 117 Å². The van der Waals surface area contributed by atoms with Gasteiger partial charge in [-0.15, -0.1) is 11.3 Å². The van der Waals surface area contributed by atoms with E-state index in [0.717, 1.165) is 0 Å². The van der Waals surface area contributed by atoms with E-state index in [1.807, 2.05) is 11.3 Å². The Morgan fingerprint density at radius 3 is 1.89 bits per heavy atom. The average Bonchev–Trinajstić information content (AvgIpc) is 3.47. The zero-order chi connectivity index (χ0) is 39.1. The van der Waals surface area contributed by atoms with E-state index in [-0.39, 0.29) is 28.4 Å². The van der Waals surface area contributed by atoms with Crippen LogP contribution in [0.3, 0.4) is 0 Å². The Morgan fingerprint density at radius 2 is 1.24 bits per heavy atom. The molecule has 0 fully saturated rings. The first kappa shape index (κ1) is 36.4. The first-order valence-corrected chi connectivity index (χ1v) is 21.3. The molecule has 280 valence electrons. The van der Waals surface area contributed by atoms with Crippen LogP contribution >= 0.6 is 11.3 Å². The highest BCUT2D eigenvalue weighted by molar-refractivity contribution is 7.33. The van der Waals surface area contributed by atoms with E-state index in [0.29, 0.717) is 0 Å². The summed E-state index contributed by atoms with van der Waals surface area (Å²) in [6.07, 6.45) is 2.36. The third-order valence-electron chi connectivity index (χ3n) is 13.2. The molecule has 6 aromatic rings. The van der Waals surface area contributed by atoms with Crippen molar-refractivity contribution in [1.29, 1.82) is 0 Å². The van der Waals surface area contributed by atoms with Gasteiger partial charge in [0.05, 0.1) is 5.69 Å². The summed E-state index contributed by atoms with van der Waals surface area (Å²) in [6, 6.07) is 33.8. The van der Waals surface area contributed by atoms with Crippen LogP contribution in [0.1, 0.15) is 121 Å². The molecule has 3 heterocycles. The number of hydrogen-bond acceptors (Lipinski definition) is 3. The first-order chi connectivity index (χ1) is 25.8. The number of aryl methyl sites for hydroxylation is 3. The largest absolute Gasteiger partial charge is 0.311 e. The van der Waals surface area contributed by atoms with Gasteiger partial charge in [0.25, 0.3) is 6.71 Å². The SMILES string of the molecule is Cc1cc2c3c(c1)N(c1ccc(C(C)(C)C)cc1C)c1c(sc4ccc(C)cc14)B3c1ccc3c(c1N2c1ccc(C(C)(C)C)cc1)C(C)(C)CCC3(C)C. The van der Waals surface area contributed by atoms with E-state index in [1.54, 1.807) is 0 Å². The Kier molecular flexibility index (Phi) is 7.85. The maximum atomic E-state index is 2.68. The summed E-state index contributed by atoms with van der Waals surface area (Å²) in [4.78, 5) is 5.33. The number of hydrogen-bond donors (Lipinski definition) is 0. The van der Waals surface area contributed by atoms with E-state index >= 15 is 0 Å². The van der Waals surface area contributed by atoms with Crippen molar-refractivity contribution < 1.29 is 0 Å². The van der Waals surface area contributed by atoms with E-state index in [1.165, 1.54) is 112 Å². The molecule has 0 N–H and O–H groups in total. The second-order valence-corrected chi connectivity index (χ2v) is 21.5. The van der Waals surface area contributed by atoms with E-state index in [9.17, 15) is 0 Å². The van der Waals surface area contributed by atoms with E-state index in [2.05, 4.69) is 185 Å². The standard InChI is InChI=1S/C51H57BN2S/c1-30-14-23-42-36(26-30)45-47(55-42)52-38-21-20-37-43(51(12,13)25-24-50(37,10)11)46(38)53(35-18-15-33(16-19-35)48(4,5)6)40-27-31(2)28-41(44(40)52)54(45)39-22-17-34(29-32(39)3)49(7,8)9/h14-23,26-29H,24-25H2,1-13H3. The normalized spacial score (nSPS) is 16.9. The summed E-state index contributed by atoms with van der Waals surface area (Å²) < 4.78 is 2.81. The third kappa shape index (κ3) is 5.48. The van der Waals surface area contributed by atoms with Crippen molar-refractivity contribution in [1.82, 2.24) is 0 Å². The topological polar surface area (TPSA) is 6.48 Å². The molecule has 2 aliphatic heterocycles. The van der Waals surface area contributed by atoms with Crippen LogP contribution in [0.15, 0.2) is 84.9 Å². The summed E-state index contributed by atoms with van der Waals surface area (Å²) in [5, 5.41) is 1.36. The van der Waals surface area contributed by atoms with Gasteiger partial charge in [0.15, 0.2) is 0 Å². The van der Waals surface area contributed by atoms with E-state index < -0.39 is 0 Å². The lowest BCUT2D eigenvalue weighted by molar-refractivity contribution is 0.333. The van der Waals surface area contributed by atoms with Crippen LogP contribution in [0, 0.1) is 20.8 Å². The lowest BCUT2D eigenvalue weighted by atomic mass is 9.35. The summed E-state index contributed by atoms with van der Waals surface area (Å²) >= 11 is 2.01. The highest BCUT2D eigenvalue weighted by atomic mass is 32.1. The van der Waals surface area contributed by atoms with Gasteiger partial charge < -0.3 is 9.80 Å². The van der Waals surface area contributed by atoms with Crippen molar-refractivity contribution in [3.63, 3.8) is 0 Å². The highest BCUT2D eigenvalue weighted by Crippen LogP contribution is 2.54. The van der Waals surface area contributed by atoms with E-state index in [4.69, 9.17) is 0 Å². The Bertz CT molecular complexity index is 2550. The van der Waals surface area contributed by atoms with Gasteiger partial charge in [-0.3, -0.25) is 0 Å². The van der Waals surface area contributed by atoms with Crippen molar-refractivity contribution in [2.45, 2.75) is 125 Å². The lowest BCUT2D eigenvalue weighted by Crippen LogP contribution is -2.61. The molecule has 2 nitrogen and oxygen atoms in total. The molecular weight excluding hydrogens is 683 g/mol. The second kappa shape index (κ2) is 11.9. The molecule has 1 aliphatic carbocycles. The minimum absolute atomic E-state index is 0.0245. The van der Waals surface area contributed by atoms with Gasteiger partial charge in [0.1, 0.15) is 0 Å². The highest BCUT2D eigenvalue weighted by Gasteiger charge is 2.49. The molecular formula is C51H57BN2S.